The van der Waals surface area contributed by atoms with Crippen LogP contribution in [0.3, 0.4) is 0 Å². The molecule has 2 atom stereocenters. The summed E-state index contributed by atoms with van der Waals surface area (Å²) in [5, 5.41) is 19.1. The largest absolute Gasteiger partial charge is 0.396 e. The molecular formula is C11H9Cl2NO. The third kappa shape index (κ3) is 1.61. The number of aliphatic hydroxyl groups excluding tert-OH is 1. The third-order valence-electron chi connectivity index (χ3n) is 2.96. The Balaban J connectivity index is 2.39. The summed E-state index contributed by atoms with van der Waals surface area (Å²) in [7, 11) is 0. The van der Waals surface area contributed by atoms with Crippen molar-refractivity contribution in [2.24, 2.45) is 5.92 Å². The second-order valence-electron chi connectivity index (χ2n) is 3.80. The van der Waals surface area contributed by atoms with E-state index in [1.807, 2.05) is 0 Å². The summed E-state index contributed by atoms with van der Waals surface area (Å²) in [6.45, 7) is 0.0355. The van der Waals surface area contributed by atoms with Crippen LogP contribution in [0.5, 0.6) is 0 Å². The Labute approximate surface area is 98.0 Å². The van der Waals surface area contributed by atoms with Crippen molar-refractivity contribution < 1.29 is 5.11 Å². The maximum atomic E-state index is 9.13. The molecule has 4 heteroatoms. The fourth-order valence-electron chi connectivity index (χ4n) is 1.88. The van der Waals surface area contributed by atoms with Gasteiger partial charge in [0.15, 0.2) is 0 Å². The van der Waals surface area contributed by atoms with Gasteiger partial charge in [-0.15, -0.1) is 0 Å². The summed E-state index contributed by atoms with van der Waals surface area (Å²) in [5.41, 5.74) is 0.293. The van der Waals surface area contributed by atoms with Crippen LogP contribution in [-0.4, -0.2) is 11.7 Å². The minimum absolute atomic E-state index is 0.0275. The standard InChI is InChI=1S/C11H9Cl2NO/c12-9-2-1-7(3-10(9)13)11(6-14)4-8(11)5-15/h1-3,8,15H,4-5H2/t8-,11-/m0/s1. The normalized spacial score (nSPS) is 28.5. The van der Waals surface area contributed by atoms with Crippen molar-refractivity contribution >= 4 is 23.2 Å². The fraction of sp³-hybridized carbons (Fsp3) is 0.364. The number of nitrogens with zero attached hydrogens (tertiary/aromatic N) is 1. The van der Waals surface area contributed by atoms with E-state index in [4.69, 9.17) is 33.6 Å². The first-order valence-electron chi connectivity index (χ1n) is 4.61. The number of halogens is 2. The van der Waals surface area contributed by atoms with Gasteiger partial charge >= 0.3 is 0 Å². The Kier molecular flexibility index (Phi) is 2.64. The van der Waals surface area contributed by atoms with Gasteiger partial charge < -0.3 is 5.11 Å². The van der Waals surface area contributed by atoms with Gasteiger partial charge in [-0.25, -0.2) is 0 Å². The lowest BCUT2D eigenvalue weighted by Gasteiger charge is -2.09. The van der Waals surface area contributed by atoms with Crippen molar-refractivity contribution in [3.05, 3.63) is 33.8 Å². The quantitative estimate of drug-likeness (QED) is 0.866. The van der Waals surface area contributed by atoms with E-state index in [2.05, 4.69) is 6.07 Å². The summed E-state index contributed by atoms with van der Waals surface area (Å²) in [4.78, 5) is 0. The molecule has 1 N–H and O–H groups in total. The van der Waals surface area contributed by atoms with Crippen molar-refractivity contribution in [3.63, 3.8) is 0 Å². The molecule has 1 fully saturated rings. The van der Waals surface area contributed by atoms with Crippen LogP contribution in [0.25, 0.3) is 0 Å². The van der Waals surface area contributed by atoms with Gasteiger partial charge in [-0.2, -0.15) is 5.26 Å². The first kappa shape index (κ1) is 10.8. The highest BCUT2D eigenvalue weighted by Crippen LogP contribution is 2.54. The maximum absolute atomic E-state index is 9.13. The average molecular weight is 242 g/mol. The zero-order valence-electron chi connectivity index (χ0n) is 7.87. The third-order valence-corrected chi connectivity index (χ3v) is 3.70. The minimum atomic E-state index is -0.553. The lowest BCUT2D eigenvalue weighted by molar-refractivity contribution is 0.269. The van der Waals surface area contributed by atoms with Gasteiger partial charge in [0.25, 0.3) is 0 Å². The van der Waals surface area contributed by atoms with E-state index in [1.54, 1.807) is 18.2 Å². The Bertz CT molecular complexity index is 441. The molecule has 0 heterocycles. The molecule has 0 bridgehead atoms. The molecule has 0 spiro atoms. The molecule has 1 aromatic rings. The molecule has 0 aromatic heterocycles. The van der Waals surface area contributed by atoms with Gasteiger partial charge in [-0.1, -0.05) is 29.3 Å². The van der Waals surface area contributed by atoms with Crippen LogP contribution >= 0.6 is 23.2 Å². The number of hydrogen-bond donors (Lipinski definition) is 1. The molecular weight excluding hydrogens is 233 g/mol. The van der Waals surface area contributed by atoms with Crippen molar-refractivity contribution in [3.8, 4) is 6.07 Å². The number of benzene rings is 1. The maximum Gasteiger partial charge on any atom is 0.0877 e. The van der Waals surface area contributed by atoms with Crippen molar-refractivity contribution in [1.82, 2.24) is 0 Å². The number of rotatable bonds is 2. The van der Waals surface area contributed by atoms with E-state index < -0.39 is 5.41 Å². The van der Waals surface area contributed by atoms with Gasteiger partial charge in [0.2, 0.25) is 0 Å². The highest BCUT2D eigenvalue weighted by molar-refractivity contribution is 6.42. The second-order valence-corrected chi connectivity index (χ2v) is 4.61. The highest BCUT2D eigenvalue weighted by Gasteiger charge is 2.55. The van der Waals surface area contributed by atoms with Gasteiger partial charge in [0.1, 0.15) is 0 Å². The molecule has 2 nitrogen and oxygen atoms in total. The zero-order valence-corrected chi connectivity index (χ0v) is 9.39. The van der Waals surface area contributed by atoms with Crippen LogP contribution in [0.2, 0.25) is 10.0 Å². The molecule has 1 aromatic carbocycles. The van der Waals surface area contributed by atoms with Gasteiger partial charge in [-0.3, -0.25) is 0 Å². The summed E-state index contributed by atoms with van der Waals surface area (Å²) in [6, 6.07) is 7.45. The minimum Gasteiger partial charge on any atom is -0.396 e. The highest BCUT2D eigenvalue weighted by atomic mass is 35.5. The Hall–Kier alpha value is -0.750. The molecule has 2 rings (SSSR count). The monoisotopic (exact) mass is 241 g/mol. The predicted octanol–water partition coefficient (Wildman–Crippen LogP) is 2.77. The van der Waals surface area contributed by atoms with E-state index in [9.17, 15) is 0 Å². The van der Waals surface area contributed by atoms with E-state index >= 15 is 0 Å². The second kappa shape index (κ2) is 3.68. The van der Waals surface area contributed by atoms with Gasteiger partial charge in [0, 0.05) is 12.5 Å². The Morgan fingerprint density at radius 1 is 1.47 bits per heavy atom. The number of hydrogen-bond acceptors (Lipinski definition) is 2. The van der Waals surface area contributed by atoms with Crippen LogP contribution in [-0.2, 0) is 5.41 Å². The van der Waals surface area contributed by atoms with E-state index in [-0.39, 0.29) is 12.5 Å². The van der Waals surface area contributed by atoms with Crippen LogP contribution < -0.4 is 0 Å². The molecule has 15 heavy (non-hydrogen) atoms. The van der Waals surface area contributed by atoms with Crippen LogP contribution in [0.15, 0.2) is 18.2 Å². The van der Waals surface area contributed by atoms with Gasteiger partial charge in [-0.05, 0) is 24.1 Å². The number of aliphatic hydroxyl groups is 1. The summed E-state index contributed by atoms with van der Waals surface area (Å²) in [6.07, 6.45) is 0.692. The summed E-state index contributed by atoms with van der Waals surface area (Å²) in [5.74, 6) is 0.0275. The van der Waals surface area contributed by atoms with Crippen molar-refractivity contribution in [2.45, 2.75) is 11.8 Å². The van der Waals surface area contributed by atoms with E-state index in [1.165, 1.54) is 0 Å². The first-order valence-corrected chi connectivity index (χ1v) is 5.37. The van der Waals surface area contributed by atoms with Gasteiger partial charge in [0.05, 0.1) is 21.5 Å². The smallest absolute Gasteiger partial charge is 0.0877 e. The molecule has 0 unspecified atom stereocenters. The molecule has 1 saturated carbocycles. The molecule has 1 aliphatic rings. The lowest BCUT2D eigenvalue weighted by Crippen LogP contribution is -2.09. The zero-order chi connectivity index (χ0) is 11.1. The Morgan fingerprint density at radius 2 is 2.20 bits per heavy atom. The van der Waals surface area contributed by atoms with Crippen molar-refractivity contribution in [1.29, 1.82) is 5.26 Å². The molecule has 0 aliphatic heterocycles. The van der Waals surface area contributed by atoms with E-state index in [0.29, 0.717) is 16.5 Å². The molecule has 1 aliphatic carbocycles. The topological polar surface area (TPSA) is 44.0 Å². The van der Waals surface area contributed by atoms with Crippen LogP contribution in [0.1, 0.15) is 12.0 Å². The lowest BCUT2D eigenvalue weighted by atomic mass is 9.95. The van der Waals surface area contributed by atoms with Crippen molar-refractivity contribution in [2.75, 3.05) is 6.61 Å². The van der Waals surface area contributed by atoms with Crippen LogP contribution in [0.4, 0.5) is 0 Å². The average Bonchev–Trinajstić information content (AvgIpc) is 2.97. The number of nitriles is 1. The van der Waals surface area contributed by atoms with E-state index in [0.717, 1.165) is 5.56 Å². The Morgan fingerprint density at radius 3 is 2.67 bits per heavy atom. The fourth-order valence-corrected chi connectivity index (χ4v) is 2.18. The summed E-state index contributed by atoms with van der Waals surface area (Å²) < 4.78 is 0. The van der Waals surface area contributed by atoms with Crippen LogP contribution in [0, 0.1) is 17.2 Å². The molecule has 78 valence electrons. The molecule has 0 radical (unpaired) electrons. The first-order chi connectivity index (χ1) is 7.14. The summed E-state index contributed by atoms with van der Waals surface area (Å²) >= 11 is 11.7. The SMILES string of the molecule is N#C[C@]1(c2ccc(Cl)c(Cl)c2)C[C@H]1CO. The molecule has 0 saturated heterocycles. The predicted molar refractivity (Wildman–Crippen MR) is 58.9 cm³/mol. The molecule has 0 amide bonds.